The molecule has 10 heteroatoms. The van der Waals surface area contributed by atoms with Gasteiger partial charge in [0.15, 0.2) is 5.82 Å². The van der Waals surface area contributed by atoms with Crippen LogP contribution in [-0.2, 0) is 24.4 Å². The molecule has 1 aliphatic rings. The number of carbonyl (C=O) groups excluding carboxylic acids is 1. The Kier molecular flexibility index (Phi) is 5.44. The molecule has 0 saturated heterocycles. The minimum atomic E-state index is -0.336. The number of benzene rings is 2. The number of aromatic nitrogens is 4. The third kappa shape index (κ3) is 4.01. The predicted octanol–water partition coefficient (Wildman–Crippen LogP) is 2.87. The monoisotopic (exact) mass is 452 g/mol. The first kappa shape index (κ1) is 20.4. The zero-order valence-electron chi connectivity index (χ0n) is 17.1. The number of nitrogens with one attached hydrogen (secondary N) is 1. The number of fused-ring (bicyclic) bond motifs is 3. The van der Waals surface area contributed by atoms with Crippen molar-refractivity contribution in [3.05, 3.63) is 71.4 Å². The van der Waals surface area contributed by atoms with Gasteiger partial charge in [-0.15, -0.1) is 10.2 Å². The highest BCUT2D eigenvalue weighted by Crippen LogP contribution is 2.28. The van der Waals surface area contributed by atoms with Gasteiger partial charge in [0.1, 0.15) is 18.2 Å². The topological polar surface area (TPSA) is 102 Å². The molecule has 0 spiro atoms. The zero-order chi connectivity index (χ0) is 22.1. The number of nitrogens with two attached hydrogens (primary N) is 1. The van der Waals surface area contributed by atoms with Crippen LogP contribution in [0, 0.1) is 5.82 Å². The van der Waals surface area contributed by atoms with Gasteiger partial charge in [-0.3, -0.25) is 4.79 Å². The summed E-state index contributed by atoms with van der Waals surface area (Å²) >= 11 is 1.24. The van der Waals surface area contributed by atoms with E-state index in [4.69, 9.17) is 10.6 Å². The third-order valence-electron chi connectivity index (χ3n) is 5.48. The number of halogens is 1. The van der Waals surface area contributed by atoms with Gasteiger partial charge < -0.3 is 20.5 Å². The van der Waals surface area contributed by atoms with Crippen molar-refractivity contribution in [3.63, 3.8) is 0 Å². The number of nitrogens with zero attached hydrogens (tertiary/aromatic N) is 4. The van der Waals surface area contributed by atoms with Gasteiger partial charge in [-0.05, 0) is 30.3 Å². The summed E-state index contributed by atoms with van der Waals surface area (Å²) in [6.45, 7) is 1.34. The summed E-state index contributed by atoms with van der Waals surface area (Å²) in [6.07, 6.45) is 0.804. The second-order valence-corrected chi connectivity index (χ2v) is 8.44. The lowest BCUT2D eigenvalue weighted by molar-refractivity contribution is -0.129. The Bertz CT molecular complexity index is 1270. The maximum Gasteiger partial charge on any atom is 0.233 e. The van der Waals surface area contributed by atoms with Gasteiger partial charge in [0.2, 0.25) is 11.1 Å². The number of ether oxygens (including phenoxy) is 1. The first-order chi connectivity index (χ1) is 15.6. The van der Waals surface area contributed by atoms with Crippen molar-refractivity contribution in [1.82, 2.24) is 24.8 Å². The average molecular weight is 453 g/mol. The highest BCUT2D eigenvalue weighted by molar-refractivity contribution is 7.99. The minimum Gasteiger partial charge on any atom is -0.486 e. The summed E-state index contributed by atoms with van der Waals surface area (Å²) in [6, 6.07) is 13.8. The molecule has 164 valence electrons. The molecule has 0 radical (unpaired) electrons. The fraction of sp³-hybridized carbons (Fsp3) is 0.227. The van der Waals surface area contributed by atoms with Crippen LogP contribution in [0.2, 0.25) is 0 Å². The smallest absolute Gasteiger partial charge is 0.233 e. The van der Waals surface area contributed by atoms with Gasteiger partial charge in [0.25, 0.3) is 0 Å². The maximum atomic E-state index is 13.0. The number of hydrogen-bond donors (Lipinski definition) is 2. The lowest BCUT2D eigenvalue weighted by Crippen LogP contribution is -2.37. The number of carbonyl (C=O) groups is 1. The Hall–Kier alpha value is -3.53. The molecule has 0 saturated carbocycles. The van der Waals surface area contributed by atoms with Gasteiger partial charge in [-0.1, -0.05) is 30.0 Å². The van der Waals surface area contributed by atoms with Crippen molar-refractivity contribution in [2.24, 2.45) is 0 Å². The molecule has 2 aromatic carbocycles. The van der Waals surface area contributed by atoms with Gasteiger partial charge in [-0.25, -0.2) is 9.07 Å². The second kappa shape index (κ2) is 8.54. The lowest BCUT2D eigenvalue weighted by Gasteiger charge is -2.27. The Morgan fingerprint density at radius 2 is 2.00 bits per heavy atom. The van der Waals surface area contributed by atoms with E-state index in [0.717, 1.165) is 11.9 Å². The number of para-hydroxylation sites is 1. The van der Waals surface area contributed by atoms with Crippen LogP contribution in [0.5, 0.6) is 5.75 Å². The third-order valence-corrected chi connectivity index (χ3v) is 6.40. The highest BCUT2D eigenvalue weighted by Gasteiger charge is 2.24. The number of H-pyrrole nitrogens is 1. The van der Waals surface area contributed by atoms with Crippen molar-refractivity contribution in [1.29, 1.82) is 0 Å². The molecule has 1 aliphatic heterocycles. The van der Waals surface area contributed by atoms with Gasteiger partial charge in [-0.2, -0.15) is 0 Å². The first-order valence-electron chi connectivity index (χ1n) is 10.2. The summed E-state index contributed by atoms with van der Waals surface area (Å²) in [5, 5.41) is 9.70. The van der Waals surface area contributed by atoms with Gasteiger partial charge in [0, 0.05) is 41.7 Å². The van der Waals surface area contributed by atoms with Crippen LogP contribution in [0.1, 0.15) is 17.1 Å². The van der Waals surface area contributed by atoms with Crippen molar-refractivity contribution in [2.75, 3.05) is 18.1 Å². The fourth-order valence-electron chi connectivity index (χ4n) is 3.78. The van der Waals surface area contributed by atoms with Crippen LogP contribution in [0.15, 0.2) is 53.7 Å². The standard InChI is InChI=1S/C22H21FN6O2S/c23-14-5-7-15(8-6-14)31-12-20-26-27-22(29(20)24)32-13-21(30)28-10-9-19-17(11-28)16-3-1-2-4-18(16)25-19/h1-8,25H,9-13,24H2. The Morgan fingerprint density at radius 3 is 2.84 bits per heavy atom. The van der Waals surface area contributed by atoms with Crippen molar-refractivity contribution >= 4 is 28.6 Å². The summed E-state index contributed by atoms with van der Waals surface area (Å²) in [4.78, 5) is 18.2. The van der Waals surface area contributed by atoms with Gasteiger partial charge in [0.05, 0.1) is 5.75 Å². The molecular formula is C22H21FN6O2S. The second-order valence-electron chi connectivity index (χ2n) is 7.49. The van der Waals surface area contributed by atoms with E-state index in [2.05, 4.69) is 27.3 Å². The fourth-order valence-corrected chi connectivity index (χ4v) is 4.56. The van der Waals surface area contributed by atoms with E-state index in [1.54, 1.807) is 0 Å². The summed E-state index contributed by atoms with van der Waals surface area (Å²) < 4.78 is 19.9. The Labute approximate surface area is 187 Å². The number of nitrogen functional groups attached to an aromatic ring is 1. The van der Waals surface area contributed by atoms with E-state index in [-0.39, 0.29) is 24.1 Å². The van der Waals surface area contributed by atoms with Crippen molar-refractivity contribution in [3.8, 4) is 5.75 Å². The minimum absolute atomic E-state index is 0.0260. The molecule has 8 nitrogen and oxygen atoms in total. The van der Waals surface area contributed by atoms with Crippen molar-refractivity contribution in [2.45, 2.75) is 24.7 Å². The molecule has 5 rings (SSSR count). The molecule has 0 fully saturated rings. The van der Waals surface area contributed by atoms with E-state index < -0.39 is 0 Å². The number of aromatic amines is 1. The van der Waals surface area contributed by atoms with Crippen LogP contribution in [0.4, 0.5) is 4.39 Å². The average Bonchev–Trinajstić information content (AvgIpc) is 3.36. The van der Waals surface area contributed by atoms with Crippen LogP contribution in [0.3, 0.4) is 0 Å². The molecule has 3 N–H and O–H groups in total. The molecule has 0 unspecified atom stereocenters. The Morgan fingerprint density at radius 1 is 1.19 bits per heavy atom. The number of amides is 1. The highest BCUT2D eigenvalue weighted by atomic mass is 32.2. The van der Waals surface area contributed by atoms with E-state index in [0.29, 0.717) is 29.8 Å². The van der Waals surface area contributed by atoms with E-state index in [9.17, 15) is 9.18 Å². The number of rotatable bonds is 6. The molecule has 2 aromatic heterocycles. The normalized spacial score (nSPS) is 13.3. The van der Waals surface area contributed by atoms with Gasteiger partial charge >= 0.3 is 0 Å². The lowest BCUT2D eigenvalue weighted by atomic mass is 10.0. The predicted molar refractivity (Wildman–Crippen MR) is 119 cm³/mol. The number of hydrogen-bond acceptors (Lipinski definition) is 6. The van der Waals surface area contributed by atoms with Crippen LogP contribution in [-0.4, -0.2) is 43.0 Å². The molecular weight excluding hydrogens is 431 g/mol. The quantitative estimate of drug-likeness (QED) is 0.345. The molecule has 32 heavy (non-hydrogen) atoms. The van der Waals surface area contributed by atoms with E-state index in [1.807, 2.05) is 17.0 Å². The summed E-state index contributed by atoms with van der Waals surface area (Å²) in [7, 11) is 0. The molecule has 4 aromatic rings. The van der Waals surface area contributed by atoms with Crippen LogP contribution in [0.25, 0.3) is 10.9 Å². The van der Waals surface area contributed by atoms with E-state index >= 15 is 0 Å². The molecule has 0 aliphatic carbocycles. The summed E-state index contributed by atoms with van der Waals surface area (Å²) in [5.41, 5.74) is 3.50. The SMILES string of the molecule is Nn1c(COc2ccc(F)cc2)nnc1SCC(=O)N1CCc2[nH]c3ccccc3c2C1. The molecule has 0 atom stereocenters. The number of thioether (sulfide) groups is 1. The van der Waals surface area contributed by atoms with Crippen LogP contribution < -0.4 is 10.6 Å². The summed E-state index contributed by atoms with van der Waals surface area (Å²) in [5.74, 6) is 6.88. The maximum absolute atomic E-state index is 13.0. The zero-order valence-corrected chi connectivity index (χ0v) is 17.9. The van der Waals surface area contributed by atoms with Crippen LogP contribution >= 0.6 is 11.8 Å². The first-order valence-corrected chi connectivity index (χ1v) is 11.1. The molecule has 1 amide bonds. The molecule has 0 bridgehead atoms. The van der Waals surface area contributed by atoms with Crippen molar-refractivity contribution < 1.29 is 13.9 Å². The molecule has 3 heterocycles. The van der Waals surface area contributed by atoms with E-state index in [1.165, 1.54) is 57.3 Å². The Balaban J connectivity index is 1.19. The largest absolute Gasteiger partial charge is 0.486 e.